The summed E-state index contributed by atoms with van der Waals surface area (Å²) in [4.78, 5) is 0. The standard InChI is InChI=1S/C9H20O3.C4H10O3/c1-4-9(3,12-5-2)8-11-7-6-10;5-1-3-7-4-2-6/h10H,4-8H2,1-3H3;5-6H,1-4H2. The van der Waals surface area contributed by atoms with Crippen LogP contribution in [0.1, 0.15) is 27.2 Å². The fourth-order valence-electron chi connectivity index (χ4n) is 1.18. The second kappa shape index (κ2) is 15.8. The lowest BCUT2D eigenvalue weighted by Gasteiger charge is -2.27. The first-order chi connectivity index (χ1) is 9.10. The van der Waals surface area contributed by atoms with Gasteiger partial charge in [0.1, 0.15) is 0 Å². The zero-order chi connectivity index (χ0) is 15.0. The number of aliphatic hydroxyl groups is 3. The highest BCUT2D eigenvalue weighted by Crippen LogP contribution is 2.15. The molecule has 0 spiro atoms. The van der Waals surface area contributed by atoms with Crippen molar-refractivity contribution in [2.24, 2.45) is 0 Å². The van der Waals surface area contributed by atoms with E-state index in [4.69, 9.17) is 24.8 Å². The van der Waals surface area contributed by atoms with Gasteiger partial charge in [0.15, 0.2) is 0 Å². The highest BCUT2D eigenvalue weighted by Gasteiger charge is 2.21. The van der Waals surface area contributed by atoms with Crippen molar-refractivity contribution in [1.82, 2.24) is 0 Å². The summed E-state index contributed by atoms with van der Waals surface area (Å²) >= 11 is 0. The van der Waals surface area contributed by atoms with Crippen LogP contribution in [0.2, 0.25) is 0 Å². The number of hydrogen-bond acceptors (Lipinski definition) is 6. The van der Waals surface area contributed by atoms with Crippen LogP contribution in [0.15, 0.2) is 0 Å². The van der Waals surface area contributed by atoms with E-state index in [1.165, 1.54) is 0 Å². The molecule has 0 aliphatic carbocycles. The Kier molecular flexibility index (Phi) is 17.5. The Morgan fingerprint density at radius 2 is 1.32 bits per heavy atom. The SMILES string of the molecule is CCOC(C)(CC)COCCO.OCCOCCO. The van der Waals surface area contributed by atoms with Gasteiger partial charge >= 0.3 is 0 Å². The molecule has 6 heteroatoms. The molecule has 0 aromatic rings. The van der Waals surface area contributed by atoms with Crippen molar-refractivity contribution < 1.29 is 29.5 Å². The first-order valence-corrected chi connectivity index (χ1v) is 6.72. The maximum atomic E-state index is 8.50. The van der Waals surface area contributed by atoms with Crippen LogP contribution in [0, 0.1) is 0 Å². The minimum Gasteiger partial charge on any atom is -0.394 e. The predicted octanol–water partition coefficient (Wildman–Crippen LogP) is 0.188. The zero-order valence-electron chi connectivity index (χ0n) is 12.4. The lowest BCUT2D eigenvalue weighted by molar-refractivity contribution is -0.0878. The maximum absolute atomic E-state index is 8.50. The van der Waals surface area contributed by atoms with E-state index in [2.05, 4.69) is 11.7 Å². The molecule has 0 saturated heterocycles. The molecule has 0 rings (SSSR count). The Labute approximate surface area is 116 Å². The molecule has 0 aromatic carbocycles. The molecule has 0 aromatic heterocycles. The van der Waals surface area contributed by atoms with Gasteiger partial charge in [-0.2, -0.15) is 0 Å². The summed E-state index contributed by atoms with van der Waals surface area (Å²) in [6.07, 6.45) is 0.923. The van der Waals surface area contributed by atoms with Crippen molar-refractivity contribution in [1.29, 1.82) is 0 Å². The van der Waals surface area contributed by atoms with E-state index < -0.39 is 0 Å². The molecule has 0 fully saturated rings. The van der Waals surface area contributed by atoms with E-state index >= 15 is 0 Å². The Morgan fingerprint density at radius 1 is 0.842 bits per heavy atom. The van der Waals surface area contributed by atoms with Gasteiger partial charge in [0.05, 0.1) is 51.8 Å². The fourth-order valence-corrected chi connectivity index (χ4v) is 1.18. The third kappa shape index (κ3) is 15.7. The van der Waals surface area contributed by atoms with Crippen molar-refractivity contribution in [3.05, 3.63) is 0 Å². The molecular formula is C13H30O6. The fraction of sp³-hybridized carbons (Fsp3) is 1.00. The molecule has 0 aliphatic rings. The smallest absolute Gasteiger partial charge is 0.0884 e. The van der Waals surface area contributed by atoms with Crippen molar-refractivity contribution in [2.45, 2.75) is 32.8 Å². The Morgan fingerprint density at radius 3 is 1.68 bits per heavy atom. The number of rotatable bonds is 11. The minimum atomic E-state index is -0.191. The highest BCUT2D eigenvalue weighted by molar-refractivity contribution is 4.72. The molecule has 118 valence electrons. The number of hydrogen-bond donors (Lipinski definition) is 3. The van der Waals surface area contributed by atoms with E-state index in [0.717, 1.165) is 6.42 Å². The summed E-state index contributed by atoms with van der Waals surface area (Å²) in [6.45, 7) is 8.48. The first-order valence-electron chi connectivity index (χ1n) is 6.72. The Hall–Kier alpha value is -0.240. The van der Waals surface area contributed by atoms with Gasteiger partial charge in [0, 0.05) is 6.61 Å². The van der Waals surface area contributed by atoms with Crippen LogP contribution in [0.25, 0.3) is 0 Å². The van der Waals surface area contributed by atoms with Gasteiger partial charge in [-0.3, -0.25) is 0 Å². The number of ether oxygens (including phenoxy) is 3. The maximum Gasteiger partial charge on any atom is 0.0884 e. The van der Waals surface area contributed by atoms with Crippen LogP contribution in [-0.2, 0) is 14.2 Å². The minimum absolute atomic E-state index is 0.0278. The molecule has 0 bridgehead atoms. The van der Waals surface area contributed by atoms with Crippen LogP contribution in [0.4, 0.5) is 0 Å². The third-order valence-electron chi connectivity index (χ3n) is 2.35. The van der Waals surface area contributed by atoms with Crippen molar-refractivity contribution in [2.75, 3.05) is 52.9 Å². The van der Waals surface area contributed by atoms with Crippen LogP contribution >= 0.6 is 0 Å². The number of aliphatic hydroxyl groups excluding tert-OH is 3. The molecule has 0 aliphatic heterocycles. The van der Waals surface area contributed by atoms with Crippen molar-refractivity contribution >= 4 is 0 Å². The quantitative estimate of drug-likeness (QED) is 0.469. The van der Waals surface area contributed by atoms with E-state index in [9.17, 15) is 0 Å². The highest BCUT2D eigenvalue weighted by atomic mass is 16.5. The van der Waals surface area contributed by atoms with Gasteiger partial charge in [-0.25, -0.2) is 0 Å². The summed E-state index contributed by atoms with van der Waals surface area (Å²) in [5, 5.41) is 24.7. The van der Waals surface area contributed by atoms with Crippen molar-refractivity contribution in [3.63, 3.8) is 0 Å². The van der Waals surface area contributed by atoms with Gasteiger partial charge < -0.3 is 29.5 Å². The van der Waals surface area contributed by atoms with Crippen molar-refractivity contribution in [3.8, 4) is 0 Å². The normalized spacial score (nSPS) is 13.6. The lowest BCUT2D eigenvalue weighted by atomic mass is 10.1. The van der Waals surface area contributed by atoms with Crippen LogP contribution in [0.5, 0.6) is 0 Å². The Bertz CT molecular complexity index is 163. The molecular weight excluding hydrogens is 252 g/mol. The van der Waals surface area contributed by atoms with Crippen LogP contribution < -0.4 is 0 Å². The second-order valence-electron chi connectivity index (χ2n) is 4.07. The Balaban J connectivity index is 0. The predicted molar refractivity (Wildman–Crippen MR) is 73.2 cm³/mol. The zero-order valence-corrected chi connectivity index (χ0v) is 12.4. The first kappa shape index (κ1) is 21.1. The molecule has 1 unspecified atom stereocenters. The topological polar surface area (TPSA) is 88.4 Å². The monoisotopic (exact) mass is 282 g/mol. The van der Waals surface area contributed by atoms with Crippen LogP contribution in [0.3, 0.4) is 0 Å². The second-order valence-corrected chi connectivity index (χ2v) is 4.07. The van der Waals surface area contributed by atoms with Gasteiger partial charge in [-0.05, 0) is 20.3 Å². The molecule has 3 N–H and O–H groups in total. The molecule has 0 amide bonds. The molecule has 6 nitrogen and oxygen atoms in total. The molecule has 0 saturated carbocycles. The summed E-state index contributed by atoms with van der Waals surface area (Å²) in [6, 6.07) is 0. The largest absolute Gasteiger partial charge is 0.394 e. The van der Waals surface area contributed by atoms with E-state index in [1.807, 2.05) is 13.8 Å². The van der Waals surface area contributed by atoms with E-state index in [-0.39, 0.29) is 25.4 Å². The van der Waals surface area contributed by atoms with Crippen LogP contribution in [-0.4, -0.2) is 73.8 Å². The average Bonchev–Trinajstić information content (AvgIpc) is 2.41. The third-order valence-corrected chi connectivity index (χ3v) is 2.35. The van der Waals surface area contributed by atoms with Gasteiger partial charge in [-0.1, -0.05) is 6.92 Å². The van der Waals surface area contributed by atoms with Gasteiger partial charge in [0.2, 0.25) is 0 Å². The van der Waals surface area contributed by atoms with E-state index in [0.29, 0.717) is 33.0 Å². The summed E-state index contributed by atoms with van der Waals surface area (Å²) in [5.74, 6) is 0. The summed E-state index contributed by atoms with van der Waals surface area (Å²) in [5.41, 5.74) is -0.191. The molecule has 0 radical (unpaired) electrons. The van der Waals surface area contributed by atoms with Gasteiger partial charge in [0.25, 0.3) is 0 Å². The lowest BCUT2D eigenvalue weighted by Crippen LogP contribution is -2.34. The molecule has 0 heterocycles. The summed E-state index contributed by atoms with van der Waals surface area (Å²) < 4.78 is 15.4. The summed E-state index contributed by atoms with van der Waals surface area (Å²) in [7, 11) is 0. The average molecular weight is 282 g/mol. The van der Waals surface area contributed by atoms with Gasteiger partial charge in [-0.15, -0.1) is 0 Å². The molecule has 1 atom stereocenters. The molecule has 19 heavy (non-hydrogen) atoms. The van der Waals surface area contributed by atoms with E-state index in [1.54, 1.807) is 0 Å².